The fourth-order valence-electron chi connectivity index (χ4n) is 1.36. The van der Waals surface area contributed by atoms with Crippen molar-refractivity contribution in [3.8, 4) is 0 Å². The standard InChI is InChI=1S/C11H16N2O/c12-10(7-4-8-11(13)14)9-5-2-1-3-6-9/h1-3,5-6,10H,4,7-8,12H2,(H2,13,14). The van der Waals surface area contributed by atoms with Gasteiger partial charge in [0.2, 0.25) is 5.91 Å². The largest absolute Gasteiger partial charge is 0.370 e. The second-order valence-corrected chi connectivity index (χ2v) is 3.38. The highest BCUT2D eigenvalue weighted by Gasteiger charge is 2.05. The van der Waals surface area contributed by atoms with Crippen molar-refractivity contribution in [1.29, 1.82) is 0 Å². The zero-order chi connectivity index (χ0) is 10.4. The van der Waals surface area contributed by atoms with Crippen LogP contribution >= 0.6 is 0 Å². The molecule has 0 saturated carbocycles. The zero-order valence-corrected chi connectivity index (χ0v) is 8.15. The summed E-state index contributed by atoms with van der Waals surface area (Å²) in [6, 6.07) is 9.88. The van der Waals surface area contributed by atoms with Gasteiger partial charge in [-0.3, -0.25) is 4.79 Å². The third kappa shape index (κ3) is 3.58. The molecule has 3 heteroatoms. The lowest BCUT2D eigenvalue weighted by Gasteiger charge is -2.10. The summed E-state index contributed by atoms with van der Waals surface area (Å²) in [5, 5.41) is 0. The fourth-order valence-corrected chi connectivity index (χ4v) is 1.36. The van der Waals surface area contributed by atoms with E-state index in [0.717, 1.165) is 18.4 Å². The first-order chi connectivity index (χ1) is 6.70. The summed E-state index contributed by atoms with van der Waals surface area (Å²) >= 11 is 0. The van der Waals surface area contributed by atoms with Crippen molar-refractivity contribution in [3.63, 3.8) is 0 Å². The van der Waals surface area contributed by atoms with E-state index in [1.807, 2.05) is 30.3 Å². The number of carbonyl (C=O) groups is 1. The van der Waals surface area contributed by atoms with Crippen LogP contribution in [0.4, 0.5) is 0 Å². The van der Waals surface area contributed by atoms with E-state index in [1.54, 1.807) is 0 Å². The van der Waals surface area contributed by atoms with Gasteiger partial charge in [0.15, 0.2) is 0 Å². The Labute approximate surface area is 84.1 Å². The van der Waals surface area contributed by atoms with Crippen LogP contribution in [0.2, 0.25) is 0 Å². The molecule has 4 N–H and O–H groups in total. The Morgan fingerprint density at radius 3 is 2.50 bits per heavy atom. The Morgan fingerprint density at radius 2 is 1.93 bits per heavy atom. The molecule has 1 atom stereocenters. The highest BCUT2D eigenvalue weighted by molar-refractivity contribution is 5.73. The molecule has 1 rings (SSSR count). The average molecular weight is 192 g/mol. The molecular weight excluding hydrogens is 176 g/mol. The van der Waals surface area contributed by atoms with Crippen LogP contribution in [-0.4, -0.2) is 5.91 Å². The molecule has 0 aliphatic carbocycles. The summed E-state index contributed by atoms with van der Waals surface area (Å²) < 4.78 is 0. The molecule has 0 aromatic heterocycles. The summed E-state index contributed by atoms with van der Waals surface area (Å²) in [5.41, 5.74) is 12.1. The van der Waals surface area contributed by atoms with Gasteiger partial charge in [0.05, 0.1) is 0 Å². The van der Waals surface area contributed by atoms with Gasteiger partial charge in [0.25, 0.3) is 0 Å². The summed E-state index contributed by atoms with van der Waals surface area (Å²) in [4.78, 5) is 10.5. The molecular formula is C11H16N2O. The van der Waals surface area contributed by atoms with Crippen LogP contribution in [0.1, 0.15) is 30.9 Å². The van der Waals surface area contributed by atoms with E-state index >= 15 is 0 Å². The maximum Gasteiger partial charge on any atom is 0.217 e. The van der Waals surface area contributed by atoms with Gasteiger partial charge in [0, 0.05) is 12.5 Å². The molecule has 0 aliphatic rings. The average Bonchev–Trinajstić information content (AvgIpc) is 2.18. The molecule has 0 radical (unpaired) electrons. The summed E-state index contributed by atoms with van der Waals surface area (Å²) in [5.74, 6) is -0.259. The minimum Gasteiger partial charge on any atom is -0.370 e. The smallest absolute Gasteiger partial charge is 0.217 e. The second-order valence-electron chi connectivity index (χ2n) is 3.38. The summed E-state index contributed by atoms with van der Waals surface area (Å²) in [6.45, 7) is 0. The van der Waals surface area contributed by atoms with Crippen molar-refractivity contribution in [1.82, 2.24) is 0 Å². The van der Waals surface area contributed by atoms with E-state index in [1.165, 1.54) is 0 Å². The maximum absolute atomic E-state index is 10.5. The first-order valence-electron chi connectivity index (χ1n) is 4.79. The van der Waals surface area contributed by atoms with E-state index in [4.69, 9.17) is 11.5 Å². The predicted octanol–water partition coefficient (Wildman–Crippen LogP) is 1.34. The first-order valence-corrected chi connectivity index (χ1v) is 4.79. The fraction of sp³-hybridized carbons (Fsp3) is 0.364. The summed E-state index contributed by atoms with van der Waals surface area (Å²) in [7, 11) is 0. The van der Waals surface area contributed by atoms with Gasteiger partial charge in [-0.25, -0.2) is 0 Å². The molecule has 1 aromatic rings. The van der Waals surface area contributed by atoms with E-state index in [9.17, 15) is 4.79 Å². The molecule has 0 fully saturated rings. The lowest BCUT2D eigenvalue weighted by Crippen LogP contribution is -2.13. The van der Waals surface area contributed by atoms with Crippen LogP contribution in [0.25, 0.3) is 0 Å². The minimum absolute atomic E-state index is 0.00977. The third-order valence-electron chi connectivity index (χ3n) is 2.17. The highest BCUT2D eigenvalue weighted by atomic mass is 16.1. The number of amides is 1. The van der Waals surface area contributed by atoms with Crippen LogP contribution in [0, 0.1) is 0 Å². The molecule has 0 saturated heterocycles. The van der Waals surface area contributed by atoms with E-state index in [-0.39, 0.29) is 11.9 Å². The van der Waals surface area contributed by atoms with Crippen LogP contribution in [0.3, 0.4) is 0 Å². The molecule has 76 valence electrons. The Bertz CT molecular complexity index is 285. The molecule has 0 spiro atoms. The monoisotopic (exact) mass is 192 g/mol. The Hall–Kier alpha value is -1.35. The normalized spacial score (nSPS) is 12.4. The molecule has 1 aromatic carbocycles. The molecule has 0 aliphatic heterocycles. The van der Waals surface area contributed by atoms with Crippen molar-refractivity contribution in [2.75, 3.05) is 0 Å². The van der Waals surface area contributed by atoms with Crippen LogP contribution in [-0.2, 0) is 4.79 Å². The minimum atomic E-state index is -0.259. The first kappa shape index (κ1) is 10.7. The van der Waals surface area contributed by atoms with Crippen molar-refractivity contribution < 1.29 is 4.79 Å². The molecule has 1 unspecified atom stereocenters. The number of primary amides is 1. The number of hydrogen-bond donors (Lipinski definition) is 2. The quantitative estimate of drug-likeness (QED) is 0.739. The van der Waals surface area contributed by atoms with Gasteiger partial charge >= 0.3 is 0 Å². The van der Waals surface area contributed by atoms with Crippen molar-refractivity contribution in [2.24, 2.45) is 11.5 Å². The Balaban J connectivity index is 2.36. The molecule has 0 heterocycles. The van der Waals surface area contributed by atoms with Gasteiger partial charge in [-0.15, -0.1) is 0 Å². The number of carbonyl (C=O) groups excluding carboxylic acids is 1. The van der Waals surface area contributed by atoms with Gasteiger partial charge in [-0.2, -0.15) is 0 Å². The third-order valence-corrected chi connectivity index (χ3v) is 2.17. The van der Waals surface area contributed by atoms with E-state index in [0.29, 0.717) is 6.42 Å². The van der Waals surface area contributed by atoms with Gasteiger partial charge in [-0.05, 0) is 18.4 Å². The zero-order valence-electron chi connectivity index (χ0n) is 8.15. The second kappa shape index (κ2) is 5.40. The van der Waals surface area contributed by atoms with Gasteiger partial charge in [-0.1, -0.05) is 30.3 Å². The van der Waals surface area contributed by atoms with Crippen molar-refractivity contribution in [2.45, 2.75) is 25.3 Å². The Kier molecular flexibility index (Phi) is 4.13. The highest BCUT2D eigenvalue weighted by Crippen LogP contribution is 2.15. The lowest BCUT2D eigenvalue weighted by atomic mass is 10.0. The lowest BCUT2D eigenvalue weighted by molar-refractivity contribution is -0.118. The molecule has 1 amide bonds. The predicted molar refractivity (Wildman–Crippen MR) is 56.4 cm³/mol. The number of hydrogen-bond acceptors (Lipinski definition) is 2. The van der Waals surface area contributed by atoms with E-state index < -0.39 is 0 Å². The number of nitrogens with two attached hydrogens (primary N) is 2. The van der Waals surface area contributed by atoms with Crippen LogP contribution in [0.15, 0.2) is 30.3 Å². The topological polar surface area (TPSA) is 69.1 Å². The van der Waals surface area contributed by atoms with Crippen LogP contribution in [0.5, 0.6) is 0 Å². The van der Waals surface area contributed by atoms with Crippen molar-refractivity contribution in [3.05, 3.63) is 35.9 Å². The number of benzene rings is 1. The number of rotatable bonds is 5. The molecule has 3 nitrogen and oxygen atoms in total. The Morgan fingerprint density at radius 1 is 1.29 bits per heavy atom. The molecule has 0 bridgehead atoms. The van der Waals surface area contributed by atoms with Gasteiger partial charge in [0.1, 0.15) is 0 Å². The van der Waals surface area contributed by atoms with Crippen LogP contribution < -0.4 is 11.5 Å². The molecule has 14 heavy (non-hydrogen) atoms. The maximum atomic E-state index is 10.5. The summed E-state index contributed by atoms with van der Waals surface area (Å²) in [6.07, 6.45) is 1.97. The SMILES string of the molecule is NC(=O)CCCC(N)c1ccccc1. The van der Waals surface area contributed by atoms with E-state index in [2.05, 4.69) is 0 Å². The van der Waals surface area contributed by atoms with Crippen molar-refractivity contribution >= 4 is 5.91 Å². The van der Waals surface area contributed by atoms with Gasteiger partial charge < -0.3 is 11.5 Å².